The highest BCUT2D eigenvalue weighted by Gasteiger charge is 2.17. The largest absolute Gasteiger partial charge is 0.493 e. The number of hydrogen-bond donors (Lipinski definition) is 1. The first-order chi connectivity index (χ1) is 19.9. The number of carbonyl (C=O) groups is 2. The molecule has 0 atom stereocenters. The molecule has 41 heavy (non-hydrogen) atoms. The zero-order valence-electron chi connectivity index (χ0n) is 24.6. The highest BCUT2D eigenvalue weighted by Crippen LogP contribution is 2.27. The fourth-order valence-corrected chi connectivity index (χ4v) is 6.26. The molecular formula is C30H42N4O5S2. The Kier molecular flexibility index (Phi) is 13.5. The van der Waals surface area contributed by atoms with Gasteiger partial charge >= 0.3 is 0 Å². The second-order valence-electron chi connectivity index (χ2n) is 9.76. The van der Waals surface area contributed by atoms with E-state index in [0.29, 0.717) is 52.8 Å². The molecule has 0 bridgehead atoms. The molecule has 0 saturated carbocycles. The van der Waals surface area contributed by atoms with E-state index in [-0.39, 0.29) is 23.1 Å². The quantitative estimate of drug-likeness (QED) is 0.122. The average Bonchev–Trinajstić information content (AvgIpc) is 3.45. The van der Waals surface area contributed by atoms with Crippen LogP contribution in [0.1, 0.15) is 57.9 Å². The maximum Gasteiger partial charge on any atom is 0.272 e. The molecule has 3 aromatic rings. The van der Waals surface area contributed by atoms with E-state index in [4.69, 9.17) is 14.5 Å². The van der Waals surface area contributed by atoms with E-state index in [0.717, 1.165) is 50.8 Å². The van der Waals surface area contributed by atoms with Gasteiger partial charge in [0, 0.05) is 32.6 Å². The second-order valence-corrected chi connectivity index (χ2v) is 11.6. The zero-order valence-corrected chi connectivity index (χ0v) is 26.2. The molecule has 11 heteroatoms. The van der Waals surface area contributed by atoms with Crippen molar-refractivity contribution in [3.05, 3.63) is 45.6 Å². The maximum atomic E-state index is 13.2. The van der Waals surface area contributed by atoms with E-state index in [2.05, 4.69) is 19.2 Å². The highest BCUT2D eigenvalue weighted by atomic mass is 32.2. The van der Waals surface area contributed by atoms with E-state index in [1.807, 2.05) is 34.5 Å². The summed E-state index contributed by atoms with van der Waals surface area (Å²) in [5, 5.41) is 5.43. The molecular weight excluding hydrogens is 560 g/mol. The van der Waals surface area contributed by atoms with Crippen molar-refractivity contribution in [1.82, 2.24) is 19.8 Å². The molecule has 0 unspecified atom stereocenters. The number of fused-ring (bicyclic) bond motifs is 1. The molecule has 9 nitrogen and oxygen atoms in total. The van der Waals surface area contributed by atoms with Gasteiger partial charge in [-0.15, -0.1) is 11.3 Å². The number of thioether (sulfide) groups is 1. The van der Waals surface area contributed by atoms with Gasteiger partial charge in [0.2, 0.25) is 11.8 Å². The molecule has 224 valence electrons. The summed E-state index contributed by atoms with van der Waals surface area (Å²) in [6.07, 6.45) is 5.25. The summed E-state index contributed by atoms with van der Waals surface area (Å²) < 4.78 is 12.9. The number of methoxy groups -OCH3 is 2. The summed E-state index contributed by atoms with van der Waals surface area (Å²) in [5.41, 5.74) is 1.67. The third-order valence-corrected chi connectivity index (χ3v) is 8.52. The molecule has 0 aliphatic rings. The lowest BCUT2D eigenvalue weighted by molar-refractivity contribution is -0.128. The predicted octanol–water partition coefficient (Wildman–Crippen LogP) is 5.14. The van der Waals surface area contributed by atoms with Crippen LogP contribution in [0, 0.1) is 0 Å². The monoisotopic (exact) mass is 602 g/mol. The number of benzene rings is 1. The summed E-state index contributed by atoms with van der Waals surface area (Å²) in [6, 6.07) is 7.60. The minimum atomic E-state index is -0.0631. The smallest absolute Gasteiger partial charge is 0.272 e. The fourth-order valence-electron chi connectivity index (χ4n) is 4.55. The van der Waals surface area contributed by atoms with Crippen molar-refractivity contribution in [1.29, 1.82) is 0 Å². The Bertz CT molecular complexity index is 1330. The van der Waals surface area contributed by atoms with Gasteiger partial charge in [-0.2, -0.15) is 0 Å². The predicted molar refractivity (Wildman–Crippen MR) is 166 cm³/mol. The van der Waals surface area contributed by atoms with Crippen molar-refractivity contribution in [3.63, 3.8) is 0 Å². The lowest BCUT2D eigenvalue weighted by Crippen LogP contribution is -2.34. The minimum Gasteiger partial charge on any atom is -0.493 e. The number of thiophene rings is 1. The van der Waals surface area contributed by atoms with Crippen LogP contribution >= 0.6 is 23.1 Å². The summed E-state index contributed by atoms with van der Waals surface area (Å²) >= 11 is 2.72. The summed E-state index contributed by atoms with van der Waals surface area (Å²) in [6.45, 7) is 6.66. The van der Waals surface area contributed by atoms with Gasteiger partial charge < -0.3 is 19.7 Å². The van der Waals surface area contributed by atoms with Crippen molar-refractivity contribution in [2.24, 2.45) is 0 Å². The van der Waals surface area contributed by atoms with Crippen molar-refractivity contribution in [2.75, 3.05) is 39.6 Å². The molecule has 0 fully saturated rings. The summed E-state index contributed by atoms with van der Waals surface area (Å²) in [5.74, 6) is 1.70. The van der Waals surface area contributed by atoms with Gasteiger partial charge in [-0.3, -0.25) is 19.0 Å². The third kappa shape index (κ3) is 9.49. The SMILES string of the molecule is CCCN(CCC)C(=O)CSc1nc2ccsc2c(=O)n1CCCCCC(=O)NCCc1ccc(OC)c(OC)c1. The first-order valence-corrected chi connectivity index (χ1v) is 16.1. The van der Waals surface area contributed by atoms with Crippen molar-refractivity contribution < 1.29 is 19.1 Å². The Morgan fingerprint density at radius 2 is 1.80 bits per heavy atom. The van der Waals surface area contributed by atoms with Crippen LogP contribution in [0.25, 0.3) is 10.2 Å². The first-order valence-electron chi connectivity index (χ1n) is 14.3. The van der Waals surface area contributed by atoms with Crippen LogP contribution in [0.2, 0.25) is 0 Å². The third-order valence-electron chi connectivity index (χ3n) is 6.66. The van der Waals surface area contributed by atoms with Gasteiger partial charge in [0.15, 0.2) is 16.7 Å². The molecule has 2 heterocycles. The fraction of sp³-hybridized carbons (Fsp3) is 0.533. The molecule has 1 N–H and O–H groups in total. The molecule has 0 radical (unpaired) electrons. The number of carbonyl (C=O) groups excluding carboxylic acids is 2. The number of hydrogen-bond acceptors (Lipinski definition) is 8. The molecule has 1 aromatic carbocycles. The average molecular weight is 603 g/mol. The first kappa shape index (κ1) is 32.5. The van der Waals surface area contributed by atoms with Crippen LogP contribution in [-0.4, -0.2) is 65.9 Å². The highest BCUT2D eigenvalue weighted by molar-refractivity contribution is 7.99. The standard InChI is InChI=1S/C30H42N4O5S2/c1-5-16-33(17-6-2)27(36)21-41-30-32-23-14-19-40-28(23)29(37)34(30)18-9-7-8-10-26(35)31-15-13-22-11-12-24(38-3)25(20-22)39-4/h11-12,14,19-20H,5-10,13,15-18,21H2,1-4H3,(H,31,35). The normalized spacial score (nSPS) is 11.0. The van der Waals surface area contributed by atoms with E-state index in [1.165, 1.54) is 23.1 Å². The topological polar surface area (TPSA) is 103 Å². The van der Waals surface area contributed by atoms with Gasteiger partial charge in [-0.1, -0.05) is 38.1 Å². The number of unbranched alkanes of at least 4 members (excludes halogenated alkanes) is 2. The van der Waals surface area contributed by atoms with Gasteiger partial charge in [0.25, 0.3) is 5.56 Å². The summed E-state index contributed by atoms with van der Waals surface area (Å²) in [7, 11) is 3.21. The number of ether oxygens (including phenoxy) is 2. The Morgan fingerprint density at radius 1 is 1.05 bits per heavy atom. The number of amides is 2. The molecule has 0 spiro atoms. The molecule has 3 rings (SSSR count). The zero-order chi connectivity index (χ0) is 29.6. The lowest BCUT2D eigenvalue weighted by Gasteiger charge is -2.21. The molecule has 2 amide bonds. The lowest BCUT2D eigenvalue weighted by atomic mass is 10.1. The maximum absolute atomic E-state index is 13.2. The van der Waals surface area contributed by atoms with E-state index >= 15 is 0 Å². The molecule has 0 aliphatic carbocycles. The van der Waals surface area contributed by atoms with Crippen molar-refractivity contribution >= 4 is 45.1 Å². The van der Waals surface area contributed by atoms with Crippen LogP contribution in [0.3, 0.4) is 0 Å². The minimum absolute atomic E-state index is 0.0165. The van der Waals surface area contributed by atoms with Gasteiger partial charge in [-0.25, -0.2) is 4.98 Å². The van der Waals surface area contributed by atoms with E-state index < -0.39 is 0 Å². The number of rotatable bonds is 18. The van der Waals surface area contributed by atoms with Crippen LogP contribution in [0.15, 0.2) is 39.6 Å². The van der Waals surface area contributed by atoms with Crippen molar-refractivity contribution in [3.8, 4) is 11.5 Å². The van der Waals surface area contributed by atoms with Crippen LogP contribution in [0.5, 0.6) is 11.5 Å². The van der Waals surface area contributed by atoms with Gasteiger partial charge in [-0.05, 0) is 61.2 Å². The number of aromatic nitrogens is 2. The molecule has 0 saturated heterocycles. The molecule has 0 aliphatic heterocycles. The Hall–Kier alpha value is -3.05. The number of nitrogens with zero attached hydrogens (tertiary/aromatic N) is 3. The Morgan fingerprint density at radius 3 is 2.51 bits per heavy atom. The van der Waals surface area contributed by atoms with Gasteiger partial charge in [0.1, 0.15) is 4.70 Å². The van der Waals surface area contributed by atoms with Crippen molar-refractivity contribution in [2.45, 2.75) is 70.5 Å². The van der Waals surface area contributed by atoms with Crippen LogP contribution < -0.4 is 20.3 Å². The van der Waals surface area contributed by atoms with Crippen LogP contribution in [-0.2, 0) is 22.6 Å². The van der Waals surface area contributed by atoms with Crippen LogP contribution in [0.4, 0.5) is 0 Å². The van der Waals surface area contributed by atoms with Gasteiger partial charge in [0.05, 0.1) is 25.5 Å². The summed E-state index contributed by atoms with van der Waals surface area (Å²) in [4.78, 5) is 45.0. The Labute approximate surface area is 250 Å². The number of nitrogens with one attached hydrogen (secondary N) is 1. The van der Waals surface area contributed by atoms with E-state index in [1.54, 1.807) is 18.8 Å². The second kappa shape index (κ2) is 17.0. The molecule has 2 aromatic heterocycles. The Balaban J connectivity index is 1.48. The van der Waals surface area contributed by atoms with E-state index in [9.17, 15) is 14.4 Å².